The molecule has 0 atom stereocenters. The van der Waals surface area contributed by atoms with Crippen LogP contribution in [-0.2, 0) is 9.84 Å². The molecule has 2 aliphatic rings. The van der Waals surface area contributed by atoms with Crippen LogP contribution in [0.15, 0.2) is 29.2 Å². The van der Waals surface area contributed by atoms with Gasteiger partial charge >= 0.3 is 0 Å². The first-order valence-corrected chi connectivity index (χ1v) is 8.21. The quantitative estimate of drug-likeness (QED) is 0.841. The van der Waals surface area contributed by atoms with Crippen LogP contribution in [0.2, 0.25) is 5.02 Å². The normalized spacial score (nSPS) is 23.2. The zero-order chi connectivity index (χ0) is 13.7. The van der Waals surface area contributed by atoms with Crippen molar-refractivity contribution >= 4 is 21.4 Å². The van der Waals surface area contributed by atoms with Crippen LogP contribution in [0.1, 0.15) is 32.1 Å². The highest BCUT2D eigenvalue weighted by atomic mass is 35.5. The molecular formula is C14H14ClNO2S. The molecule has 0 N–H and O–H groups in total. The summed E-state index contributed by atoms with van der Waals surface area (Å²) in [5.41, 5.74) is 0.134. The number of nitriles is 1. The molecule has 0 saturated heterocycles. The predicted octanol–water partition coefficient (Wildman–Crippen LogP) is 3.34. The lowest BCUT2D eigenvalue weighted by Gasteiger charge is -2.57. The van der Waals surface area contributed by atoms with Crippen LogP contribution in [0.3, 0.4) is 0 Å². The minimum absolute atomic E-state index is 0.134. The average Bonchev–Trinajstić information content (AvgIpc) is 2.26. The number of benzene rings is 1. The second-order valence-electron chi connectivity index (χ2n) is 5.77. The van der Waals surface area contributed by atoms with Gasteiger partial charge in [0.1, 0.15) is 0 Å². The van der Waals surface area contributed by atoms with Crippen LogP contribution in [-0.4, -0.2) is 13.2 Å². The summed E-state index contributed by atoms with van der Waals surface area (Å²) in [4.78, 5) is 0.202. The van der Waals surface area contributed by atoms with E-state index in [1.807, 2.05) is 0 Å². The number of halogens is 1. The molecule has 5 heteroatoms. The van der Waals surface area contributed by atoms with Gasteiger partial charge in [-0.3, -0.25) is 0 Å². The van der Waals surface area contributed by atoms with Gasteiger partial charge in [-0.15, -0.1) is 0 Å². The Morgan fingerprint density at radius 2 is 1.74 bits per heavy atom. The van der Waals surface area contributed by atoms with E-state index in [1.165, 1.54) is 12.1 Å². The van der Waals surface area contributed by atoms with Crippen LogP contribution < -0.4 is 0 Å². The number of hydrogen-bond acceptors (Lipinski definition) is 3. The van der Waals surface area contributed by atoms with Crippen molar-refractivity contribution in [2.24, 2.45) is 5.41 Å². The van der Waals surface area contributed by atoms with Gasteiger partial charge in [-0.1, -0.05) is 18.0 Å². The van der Waals surface area contributed by atoms with E-state index in [9.17, 15) is 13.7 Å². The molecule has 2 fully saturated rings. The van der Waals surface area contributed by atoms with E-state index in [4.69, 9.17) is 11.6 Å². The maximum Gasteiger partial charge on any atom is 0.197 e. The first kappa shape index (κ1) is 13.0. The summed E-state index contributed by atoms with van der Waals surface area (Å²) in [5.74, 6) is 0. The molecule has 3 nitrogen and oxygen atoms in total. The molecule has 1 spiro atoms. The highest BCUT2D eigenvalue weighted by Crippen LogP contribution is 2.63. The largest absolute Gasteiger partial charge is 0.222 e. The third kappa shape index (κ3) is 1.72. The van der Waals surface area contributed by atoms with E-state index in [2.05, 4.69) is 6.07 Å². The average molecular weight is 296 g/mol. The molecule has 0 heterocycles. The number of sulfone groups is 1. The summed E-state index contributed by atoms with van der Waals surface area (Å²) in [6.07, 6.45) is 4.25. The molecule has 0 amide bonds. The molecule has 0 bridgehead atoms. The predicted molar refractivity (Wildman–Crippen MR) is 72.5 cm³/mol. The van der Waals surface area contributed by atoms with E-state index in [-0.39, 0.29) is 10.3 Å². The van der Waals surface area contributed by atoms with Crippen molar-refractivity contribution in [2.75, 3.05) is 0 Å². The summed E-state index contributed by atoms with van der Waals surface area (Å²) in [6.45, 7) is 0. The Hall–Kier alpha value is -1.05. The van der Waals surface area contributed by atoms with Gasteiger partial charge in [0.05, 0.1) is 11.0 Å². The van der Waals surface area contributed by atoms with Crippen LogP contribution >= 0.6 is 11.6 Å². The lowest BCUT2D eigenvalue weighted by Crippen LogP contribution is -2.58. The lowest BCUT2D eigenvalue weighted by molar-refractivity contribution is 0.0115. The zero-order valence-corrected chi connectivity index (χ0v) is 12.0. The first-order valence-electron chi connectivity index (χ1n) is 6.35. The van der Waals surface area contributed by atoms with Crippen molar-refractivity contribution in [3.05, 3.63) is 29.3 Å². The van der Waals surface area contributed by atoms with Crippen molar-refractivity contribution < 1.29 is 8.42 Å². The van der Waals surface area contributed by atoms with Crippen molar-refractivity contribution in [3.63, 3.8) is 0 Å². The molecule has 2 aliphatic carbocycles. The second-order valence-corrected chi connectivity index (χ2v) is 8.47. The molecule has 2 saturated carbocycles. The molecule has 3 rings (SSSR count). The van der Waals surface area contributed by atoms with Crippen LogP contribution in [0.25, 0.3) is 0 Å². The minimum atomic E-state index is -3.60. The Morgan fingerprint density at radius 1 is 1.16 bits per heavy atom. The van der Waals surface area contributed by atoms with Gasteiger partial charge < -0.3 is 0 Å². The fourth-order valence-electron chi connectivity index (χ4n) is 3.36. The lowest BCUT2D eigenvalue weighted by atomic mass is 9.52. The number of nitrogens with zero attached hydrogens (tertiary/aromatic N) is 1. The zero-order valence-electron chi connectivity index (χ0n) is 10.4. The maximum absolute atomic E-state index is 12.6. The summed E-state index contributed by atoms with van der Waals surface area (Å²) in [5, 5.41) is 9.88. The summed E-state index contributed by atoms with van der Waals surface area (Å²) >= 11 is 5.77. The Balaban J connectivity index is 1.96. The maximum atomic E-state index is 12.6. The van der Waals surface area contributed by atoms with Gasteiger partial charge in [0.2, 0.25) is 0 Å². The second kappa shape index (κ2) is 3.97. The highest BCUT2D eigenvalue weighted by Gasteiger charge is 2.64. The van der Waals surface area contributed by atoms with Crippen LogP contribution in [0, 0.1) is 16.7 Å². The topological polar surface area (TPSA) is 57.9 Å². The monoisotopic (exact) mass is 295 g/mol. The molecular weight excluding hydrogens is 282 g/mol. The van der Waals surface area contributed by atoms with Crippen molar-refractivity contribution in [3.8, 4) is 6.07 Å². The standard InChI is InChI=1S/C14H14ClNO2S/c15-11-2-4-12(5-3-11)19(17,18)14(10-16)8-13(9-14)6-1-7-13/h2-5H,1,6-9H2. The number of rotatable bonds is 2. The van der Waals surface area contributed by atoms with Gasteiger partial charge in [-0.2, -0.15) is 5.26 Å². The van der Waals surface area contributed by atoms with Crippen molar-refractivity contribution in [1.29, 1.82) is 5.26 Å². The van der Waals surface area contributed by atoms with E-state index in [0.29, 0.717) is 17.9 Å². The van der Waals surface area contributed by atoms with Gasteiger partial charge in [0, 0.05) is 5.02 Å². The van der Waals surface area contributed by atoms with E-state index >= 15 is 0 Å². The number of hydrogen-bond donors (Lipinski definition) is 0. The molecule has 19 heavy (non-hydrogen) atoms. The Morgan fingerprint density at radius 3 is 2.16 bits per heavy atom. The van der Waals surface area contributed by atoms with Gasteiger partial charge in [-0.25, -0.2) is 8.42 Å². The highest BCUT2D eigenvalue weighted by molar-refractivity contribution is 7.93. The van der Waals surface area contributed by atoms with Gasteiger partial charge in [0.15, 0.2) is 14.6 Å². The summed E-state index contributed by atoms with van der Waals surface area (Å²) in [6, 6.07) is 8.15. The molecule has 0 aromatic heterocycles. The molecule has 1 aromatic carbocycles. The third-order valence-corrected chi connectivity index (χ3v) is 7.13. The molecule has 0 unspecified atom stereocenters. The fourth-order valence-corrected chi connectivity index (χ4v) is 5.54. The molecule has 100 valence electrons. The molecule has 0 aliphatic heterocycles. The smallest absolute Gasteiger partial charge is 0.197 e. The van der Waals surface area contributed by atoms with Crippen LogP contribution in [0.5, 0.6) is 0 Å². The van der Waals surface area contributed by atoms with Crippen molar-refractivity contribution in [2.45, 2.75) is 41.7 Å². The molecule has 1 aromatic rings. The fraction of sp³-hybridized carbons (Fsp3) is 0.500. The van der Waals surface area contributed by atoms with Crippen LogP contribution in [0.4, 0.5) is 0 Å². The van der Waals surface area contributed by atoms with Crippen molar-refractivity contribution in [1.82, 2.24) is 0 Å². The van der Waals surface area contributed by atoms with Gasteiger partial charge in [0.25, 0.3) is 0 Å². The Bertz CT molecular complexity index is 646. The summed E-state index contributed by atoms with van der Waals surface area (Å²) < 4.78 is 24.1. The van der Waals surface area contributed by atoms with Gasteiger partial charge in [-0.05, 0) is 55.4 Å². The Kier molecular flexibility index (Phi) is 2.71. The Labute approximate surface area is 118 Å². The molecule has 0 radical (unpaired) electrons. The summed E-state index contributed by atoms with van der Waals surface area (Å²) in [7, 11) is -3.60. The van der Waals surface area contributed by atoms with E-state index < -0.39 is 14.6 Å². The van der Waals surface area contributed by atoms with E-state index in [0.717, 1.165) is 19.3 Å². The third-order valence-electron chi connectivity index (χ3n) is 4.58. The first-order chi connectivity index (χ1) is 8.93. The van der Waals surface area contributed by atoms with E-state index in [1.54, 1.807) is 12.1 Å². The minimum Gasteiger partial charge on any atom is -0.222 e. The SMILES string of the molecule is N#CC1(S(=O)(=O)c2ccc(Cl)cc2)CC2(CCC2)C1.